The summed E-state index contributed by atoms with van der Waals surface area (Å²) < 4.78 is 20.9. The van der Waals surface area contributed by atoms with E-state index in [4.69, 9.17) is 10.5 Å². The van der Waals surface area contributed by atoms with E-state index in [0.29, 0.717) is 5.56 Å². The van der Waals surface area contributed by atoms with Crippen LogP contribution in [0.15, 0.2) is 22.7 Å². The Kier molecular flexibility index (Phi) is 4.41. The third-order valence-electron chi connectivity index (χ3n) is 4.44. The average Bonchev–Trinajstić information content (AvgIpc) is 2.86. The van der Waals surface area contributed by atoms with Gasteiger partial charge in [-0.15, -0.1) is 0 Å². The van der Waals surface area contributed by atoms with Crippen LogP contribution in [0, 0.1) is 11.7 Å². The van der Waals surface area contributed by atoms with Crippen LogP contribution in [0.3, 0.4) is 0 Å². The quantitative estimate of drug-likeness (QED) is 0.869. The Hall–Kier alpha value is -0.100. The van der Waals surface area contributed by atoms with Crippen molar-refractivity contribution in [3.05, 3.63) is 34.1 Å². The van der Waals surface area contributed by atoms with Gasteiger partial charge < -0.3 is 10.5 Å². The monoisotopic (exact) mass is 359 g/mol. The Morgan fingerprint density at radius 3 is 3.05 bits per heavy atom. The van der Waals surface area contributed by atoms with Gasteiger partial charge in [-0.05, 0) is 43.1 Å². The highest BCUT2D eigenvalue weighted by atomic mass is 79.9. The summed E-state index contributed by atoms with van der Waals surface area (Å²) in [4.78, 5) is 0. The van der Waals surface area contributed by atoms with E-state index in [1.165, 1.54) is 6.07 Å². The summed E-state index contributed by atoms with van der Waals surface area (Å²) in [7, 11) is 0. The molecule has 20 heavy (non-hydrogen) atoms. The third kappa shape index (κ3) is 2.78. The lowest BCUT2D eigenvalue weighted by atomic mass is 9.79. The Labute approximate surface area is 131 Å². The van der Waals surface area contributed by atoms with Crippen LogP contribution >= 0.6 is 27.7 Å². The van der Waals surface area contributed by atoms with Crippen molar-refractivity contribution in [2.75, 3.05) is 18.1 Å². The van der Waals surface area contributed by atoms with Gasteiger partial charge in [-0.3, -0.25) is 0 Å². The largest absolute Gasteiger partial charge is 0.374 e. The van der Waals surface area contributed by atoms with Gasteiger partial charge in [-0.2, -0.15) is 11.8 Å². The molecule has 1 aromatic carbocycles. The Morgan fingerprint density at radius 2 is 2.35 bits per heavy atom. The number of nitrogens with two attached hydrogens (primary N) is 1. The number of benzene rings is 1. The minimum atomic E-state index is -0.267. The molecule has 0 bridgehead atoms. The summed E-state index contributed by atoms with van der Waals surface area (Å²) in [5.41, 5.74) is 6.99. The smallest absolute Gasteiger partial charge is 0.129 e. The highest BCUT2D eigenvalue weighted by Crippen LogP contribution is 2.44. The minimum absolute atomic E-state index is 0.0110. The van der Waals surface area contributed by atoms with E-state index in [2.05, 4.69) is 15.9 Å². The lowest BCUT2D eigenvalue weighted by molar-refractivity contribution is -0.0836. The predicted octanol–water partition coefficient (Wildman–Crippen LogP) is 3.89. The Morgan fingerprint density at radius 1 is 1.50 bits per heavy atom. The first-order valence-electron chi connectivity index (χ1n) is 7.02. The highest BCUT2D eigenvalue weighted by molar-refractivity contribution is 9.10. The second-order valence-electron chi connectivity index (χ2n) is 5.75. The molecule has 2 N–H and O–H groups in total. The van der Waals surface area contributed by atoms with Crippen LogP contribution in [0.1, 0.15) is 30.9 Å². The van der Waals surface area contributed by atoms with Crippen molar-refractivity contribution in [3.8, 4) is 0 Å². The van der Waals surface area contributed by atoms with Crippen molar-refractivity contribution in [1.29, 1.82) is 0 Å². The summed E-state index contributed by atoms with van der Waals surface area (Å²) in [5.74, 6) is 2.28. The van der Waals surface area contributed by atoms with Crippen molar-refractivity contribution in [3.63, 3.8) is 0 Å². The van der Waals surface area contributed by atoms with E-state index in [9.17, 15) is 4.39 Å². The number of thioether (sulfide) groups is 1. The van der Waals surface area contributed by atoms with Crippen molar-refractivity contribution in [1.82, 2.24) is 0 Å². The van der Waals surface area contributed by atoms with Gasteiger partial charge in [0, 0.05) is 28.4 Å². The first-order valence-corrected chi connectivity index (χ1v) is 8.97. The summed E-state index contributed by atoms with van der Waals surface area (Å²) >= 11 is 5.38. The van der Waals surface area contributed by atoms with Gasteiger partial charge in [0.15, 0.2) is 0 Å². The fraction of sp³-hybridized carbons (Fsp3) is 0.600. The van der Waals surface area contributed by atoms with Gasteiger partial charge in [0.2, 0.25) is 0 Å². The van der Waals surface area contributed by atoms with Crippen LogP contribution in [-0.2, 0) is 4.74 Å². The SMILES string of the molecule is NC(c1c(F)cccc1Br)C1CCOC2(CCSC2)C1. The molecule has 110 valence electrons. The van der Waals surface area contributed by atoms with Crippen LogP contribution < -0.4 is 5.73 Å². The van der Waals surface area contributed by atoms with Gasteiger partial charge in [0.25, 0.3) is 0 Å². The average molecular weight is 360 g/mol. The maximum Gasteiger partial charge on any atom is 0.129 e. The Balaban J connectivity index is 1.81. The molecular weight excluding hydrogens is 341 g/mol. The molecule has 0 aromatic heterocycles. The molecular formula is C15H19BrFNOS. The fourth-order valence-corrected chi connectivity index (χ4v) is 5.28. The van der Waals surface area contributed by atoms with E-state index >= 15 is 0 Å². The van der Waals surface area contributed by atoms with Crippen molar-refractivity contribution in [2.45, 2.75) is 30.9 Å². The molecule has 2 fully saturated rings. The topological polar surface area (TPSA) is 35.2 Å². The molecule has 2 nitrogen and oxygen atoms in total. The summed E-state index contributed by atoms with van der Waals surface area (Å²) in [6.45, 7) is 0.741. The molecule has 2 saturated heterocycles. The maximum absolute atomic E-state index is 14.1. The van der Waals surface area contributed by atoms with Crippen LogP contribution in [0.2, 0.25) is 0 Å². The lowest BCUT2D eigenvalue weighted by Crippen LogP contribution is -2.43. The van der Waals surface area contributed by atoms with Crippen LogP contribution in [-0.4, -0.2) is 23.7 Å². The molecule has 2 aliphatic heterocycles. The maximum atomic E-state index is 14.1. The second-order valence-corrected chi connectivity index (χ2v) is 7.71. The van der Waals surface area contributed by atoms with Gasteiger partial charge in [-0.1, -0.05) is 22.0 Å². The molecule has 0 radical (unpaired) electrons. The zero-order chi connectivity index (χ0) is 14.2. The van der Waals surface area contributed by atoms with E-state index in [1.807, 2.05) is 17.8 Å². The summed E-state index contributed by atoms with van der Waals surface area (Å²) in [6, 6.07) is 4.78. The molecule has 0 amide bonds. The zero-order valence-electron chi connectivity index (χ0n) is 11.3. The van der Waals surface area contributed by atoms with E-state index in [0.717, 1.165) is 41.8 Å². The van der Waals surface area contributed by atoms with E-state index in [-0.39, 0.29) is 23.4 Å². The highest BCUT2D eigenvalue weighted by Gasteiger charge is 2.42. The predicted molar refractivity (Wildman–Crippen MR) is 84.4 cm³/mol. The van der Waals surface area contributed by atoms with Crippen molar-refractivity contribution >= 4 is 27.7 Å². The number of ether oxygens (including phenoxy) is 1. The summed E-state index contributed by atoms with van der Waals surface area (Å²) in [5, 5.41) is 0. The standard InChI is InChI=1S/C15H19BrFNOS/c16-11-2-1-3-12(17)13(11)14(18)10-4-6-19-15(8-10)5-7-20-9-15/h1-3,10,14H,4-9,18H2. The molecule has 1 spiro atoms. The molecule has 0 aliphatic carbocycles. The summed E-state index contributed by atoms with van der Waals surface area (Å²) in [6.07, 6.45) is 2.95. The third-order valence-corrected chi connectivity index (χ3v) is 6.35. The Bertz CT molecular complexity index is 473. The number of hydrogen-bond donors (Lipinski definition) is 1. The molecule has 0 saturated carbocycles. The molecule has 5 heteroatoms. The van der Waals surface area contributed by atoms with Crippen LogP contribution in [0.5, 0.6) is 0 Å². The van der Waals surface area contributed by atoms with Gasteiger partial charge in [0.05, 0.1) is 5.60 Å². The van der Waals surface area contributed by atoms with Gasteiger partial charge >= 0.3 is 0 Å². The molecule has 3 unspecified atom stereocenters. The number of halogens is 2. The normalized spacial score (nSPS) is 31.6. The molecule has 3 rings (SSSR count). The molecule has 3 atom stereocenters. The molecule has 1 aromatic rings. The number of rotatable bonds is 2. The van der Waals surface area contributed by atoms with Crippen LogP contribution in [0.4, 0.5) is 4.39 Å². The lowest BCUT2D eigenvalue weighted by Gasteiger charge is -2.40. The first-order chi connectivity index (χ1) is 9.61. The molecule has 2 aliphatic rings. The fourth-order valence-electron chi connectivity index (χ4n) is 3.30. The second kappa shape index (κ2) is 5.95. The van der Waals surface area contributed by atoms with E-state index in [1.54, 1.807) is 6.07 Å². The molecule has 2 heterocycles. The minimum Gasteiger partial charge on any atom is -0.374 e. The van der Waals surface area contributed by atoms with Gasteiger partial charge in [-0.25, -0.2) is 4.39 Å². The number of hydrogen-bond acceptors (Lipinski definition) is 3. The van der Waals surface area contributed by atoms with E-state index < -0.39 is 0 Å². The first kappa shape index (κ1) is 14.8. The van der Waals surface area contributed by atoms with Crippen molar-refractivity contribution in [2.24, 2.45) is 11.7 Å². The van der Waals surface area contributed by atoms with Crippen molar-refractivity contribution < 1.29 is 9.13 Å². The van der Waals surface area contributed by atoms with Crippen LogP contribution in [0.25, 0.3) is 0 Å². The van der Waals surface area contributed by atoms with Gasteiger partial charge in [0.1, 0.15) is 5.82 Å². The zero-order valence-corrected chi connectivity index (χ0v) is 13.7.